The van der Waals surface area contributed by atoms with Crippen LogP contribution in [0.2, 0.25) is 0 Å². The fourth-order valence-electron chi connectivity index (χ4n) is 2.24. The largest absolute Gasteiger partial charge is 0.480 e. The summed E-state index contributed by atoms with van der Waals surface area (Å²) in [5.41, 5.74) is 0.924. The molecule has 2 aromatic rings. The van der Waals surface area contributed by atoms with Crippen LogP contribution in [0.3, 0.4) is 0 Å². The van der Waals surface area contributed by atoms with Crippen LogP contribution in [-0.4, -0.2) is 39.6 Å². The van der Waals surface area contributed by atoms with Crippen LogP contribution >= 0.6 is 0 Å². The molecule has 7 heteroatoms. The Hall–Kier alpha value is -2.51. The van der Waals surface area contributed by atoms with Gasteiger partial charge in [-0.15, -0.1) is 0 Å². The van der Waals surface area contributed by atoms with Crippen molar-refractivity contribution in [2.24, 2.45) is 0 Å². The molecule has 0 saturated heterocycles. The molecule has 0 unspecified atom stereocenters. The number of nitrogens with one attached hydrogen (secondary N) is 1. The van der Waals surface area contributed by atoms with Crippen molar-refractivity contribution >= 4 is 22.7 Å². The lowest BCUT2D eigenvalue weighted by Crippen LogP contribution is -2.43. The second kappa shape index (κ2) is 10.5. The van der Waals surface area contributed by atoms with Crippen LogP contribution in [-0.2, 0) is 31.7 Å². The number of carboxylic acid groups (broad SMARTS) is 1. The second-order valence-corrected chi connectivity index (χ2v) is 7.16. The maximum absolute atomic E-state index is 12.2. The van der Waals surface area contributed by atoms with Gasteiger partial charge in [0, 0.05) is 10.6 Å². The molecular weight excluding hydrogens is 354 g/mol. The number of aliphatic carboxylic acids is 1. The molecule has 2 aromatic carbocycles. The predicted molar refractivity (Wildman–Crippen MR) is 98.0 cm³/mol. The molecule has 138 valence electrons. The molecule has 0 saturated carbocycles. The lowest BCUT2D eigenvalue weighted by atomic mass is 10.2. The Morgan fingerprint density at radius 3 is 2.27 bits per heavy atom. The number of ether oxygens (including phenoxy) is 1. The molecule has 0 heterocycles. The van der Waals surface area contributed by atoms with E-state index in [-0.39, 0.29) is 25.4 Å². The smallest absolute Gasteiger partial charge is 0.326 e. The number of carboxylic acids is 1. The van der Waals surface area contributed by atoms with Crippen LogP contribution in [0.5, 0.6) is 0 Å². The van der Waals surface area contributed by atoms with E-state index in [2.05, 4.69) is 5.32 Å². The van der Waals surface area contributed by atoms with Crippen molar-refractivity contribution in [3.8, 4) is 0 Å². The molecule has 6 nitrogen and oxygen atoms in total. The lowest BCUT2D eigenvalue weighted by molar-refractivity contribution is -0.142. The first-order valence-corrected chi connectivity index (χ1v) is 9.45. The quantitative estimate of drug-likeness (QED) is 0.662. The zero-order chi connectivity index (χ0) is 18.8. The Balaban J connectivity index is 1.77. The first kappa shape index (κ1) is 19.8. The number of carbonyl (C=O) groups is 2. The van der Waals surface area contributed by atoms with Gasteiger partial charge < -0.3 is 15.2 Å². The summed E-state index contributed by atoms with van der Waals surface area (Å²) in [6.07, 6.45) is 0.0707. The summed E-state index contributed by atoms with van der Waals surface area (Å²) in [6.45, 7) is 0.0322. The van der Waals surface area contributed by atoms with E-state index in [0.29, 0.717) is 4.90 Å². The third-order valence-corrected chi connectivity index (χ3v) is 4.98. The first-order valence-electron chi connectivity index (χ1n) is 8.13. The van der Waals surface area contributed by atoms with Crippen molar-refractivity contribution < 1.29 is 23.6 Å². The molecule has 0 fully saturated rings. The highest BCUT2D eigenvalue weighted by Crippen LogP contribution is 2.08. The molecular formula is C19H21NO5S. The zero-order valence-corrected chi connectivity index (χ0v) is 15.0. The predicted octanol–water partition coefficient (Wildman–Crippen LogP) is 1.97. The van der Waals surface area contributed by atoms with E-state index in [4.69, 9.17) is 4.74 Å². The van der Waals surface area contributed by atoms with Gasteiger partial charge >= 0.3 is 5.97 Å². The summed E-state index contributed by atoms with van der Waals surface area (Å²) >= 11 is 0. The summed E-state index contributed by atoms with van der Waals surface area (Å²) in [7, 11) is -1.31. The van der Waals surface area contributed by atoms with E-state index in [0.717, 1.165) is 5.56 Å². The fourth-order valence-corrected chi connectivity index (χ4v) is 3.39. The second-order valence-electron chi connectivity index (χ2n) is 5.59. The third-order valence-electron chi connectivity index (χ3n) is 3.58. The average Bonchev–Trinajstić information content (AvgIpc) is 2.66. The molecule has 0 aromatic heterocycles. The Labute approximate surface area is 154 Å². The number of hydrogen-bond donors (Lipinski definition) is 2. The number of hydrogen-bond acceptors (Lipinski definition) is 4. The molecule has 2 rings (SSSR count). The van der Waals surface area contributed by atoms with Crippen molar-refractivity contribution in [3.63, 3.8) is 0 Å². The van der Waals surface area contributed by atoms with Gasteiger partial charge in [-0.3, -0.25) is 9.00 Å². The highest BCUT2D eigenvalue weighted by atomic mass is 32.2. The fraction of sp³-hybridized carbons (Fsp3) is 0.263. The molecule has 0 spiro atoms. The van der Waals surface area contributed by atoms with Crippen molar-refractivity contribution in [1.29, 1.82) is 0 Å². The topological polar surface area (TPSA) is 92.7 Å². The number of rotatable bonds is 10. The molecule has 2 N–H and O–H groups in total. The minimum absolute atomic E-state index is 0.0707. The van der Waals surface area contributed by atoms with E-state index in [1.165, 1.54) is 0 Å². The van der Waals surface area contributed by atoms with E-state index in [1.807, 2.05) is 36.4 Å². The Morgan fingerprint density at radius 1 is 1.04 bits per heavy atom. The van der Waals surface area contributed by atoms with E-state index >= 15 is 0 Å². The average molecular weight is 375 g/mol. The SMILES string of the molecule is O=C(COCc1ccccc1)N[C@@H](CC[S@](=O)c1ccccc1)C(=O)O. The van der Waals surface area contributed by atoms with Crippen LogP contribution in [0.4, 0.5) is 0 Å². The minimum atomic E-state index is -1.31. The molecule has 1 amide bonds. The lowest BCUT2D eigenvalue weighted by Gasteiger charge is -2.14. The van der Waals surface area contributed by atoms with Crippen LogP contribution < -0.4 is 5.32 Å². The summed E-state index contributed by atoms with van der Waals surface area (Å²) in [5.74, 6) is -1.53. The Bertz CT molecular complexity index is 736. The molecule has 0 aliphatic heterocycles. The molecule has 26 heavy (non-hydrogen) atoms. The minimum Gasteiger partial charge on any atom is -0.480 e. The molecule has 2 atom stereocenters. The Kier molecular flexibility index (Phi) is 7.98. The monoisotopic (exact) mass is 375 g/mol. The highest BCUT2D eigenvalue weighted by molar-refractivity contribution is 7.85. The van der Waals surface area contributed by atoms with Gasteiger partial charge in [0.15, 0.2) is 0 Å². The van der Waals surface area contributed by atoms with Gasteiger partial charge in [-0.25, -0.2) is 4.79 Å². The molecule has 0 aliphatic rings. The van der Waals surface area contributed by atoms with Gasteiger partial charge in [0.25, 0.3) is 0 Å². The molecule has 0 bridgehead atoms. The van der Waals surface area contributed by atoms with E-state index < -0.39 is 28.7 Å². The van der Waals surface area contributed by atoms with Crippen LogP contribution in [0.15, 0.2) is 65.6 Å². The summed E-state index contributed by atoms with van der Waals surface area (Å²) < 4.78 is 17.5. The third kappa shape index (κ3) is 6.78. The van der Waals surface area contributed by atoms with Gasteiger partial charge in [0.2, 0.25) is 5.91 Å². The van der Waals surface area contributed by atoms with Gasteiger partial charge in [-0.1, -0.05) is 48.5 Å². The van der Waals surface area contributed by atoms with Crippen LogP contribution in [0.25, 0.3) is 0 Å². The van der Waals surface area contributed by atoms with Gasteiger partial charge in [-0.2, -0.15) is 0 Å². The first-order chi connectivity index (χ1) is 12.6. The van der Waals surface area contributed by atoms with Crippen molar-refractivity contribution in [2.75, 3.05) is 12.4 Å². The Morgan fingerprint density at radius 2 is 1.65 bits per heavy atom. The van der Waals surface area contributed by atoms with Gasteiger partial charge in [0.05, 0.1) is 17.4 Å². The summed E-state index contributed by atoms with van der Waals surface area (Å²) in [6, 6.07) is 17.1. The normalized spacial score (nSPS) is 12.9. The van der Waals surface area contributed by atoms with Crippen molar-refractivity contribution in [1.82, 2.24) is 5.32 Å². The van der Waals surface area contributed by atoms with E-state index in [1.54, 1.807) is 24.3 Å². The van der Waals surface area contributed by atoms with Crippen molar-refractivity contribution in [2.45, 2.75) is 24.0 Å². The molecule has 0 aliphatic carbocycles. The summed E-state index contributed by atoms with van der Waals surface area (Å²) in [4.78, 5) is 23.8. The number of amides is 1. The van der Waals surface area contributed by atoms with E-state index in [9.17, 15) is 18.9 Å². The highest BCUT2D eigenvalue weighted by Gasteiger charge is 2.21. The summed E-state index contributed by atoms with van der Waals surface area (Å²) in [5, 5.41) is 11.7. The molecule has 0 radical (unpaired) electrons. The van der Waals surface area contributed by atoms with Crippen LogP contribution in [0.1, 0.15) is 12.0 Å². The number of benzene rings is 2. The number of carbonyl (C=O) groups excluding carboxylic acids is 1. The maximum Gasteiger partial charge on any atom is 0.326 e. The van der Waals surface area contributed by atoms with Crippen LogP contribution in [0, 0.1) is 0 Å². The standard InChI is InChI=1S/C19H21NO5S/c21-18(14-25-13-15-7-3-1-4-8-15)20-17(19(22)23)11-12-26(24)16-9-5-2-6-10-16/h1-10,17H,11-14H2,(H,20,21)(H,22,23)/t17-,26-/m0/s1. The van der Waals surface area contributed by atoms with Gasteiger partial charge in [-0.05, 0) is 24.1 Å². The zero-order valence-electron chi connectivity index (χ0n) is 14.2. The van der Waals surface area contributed by atoms with Gasteiger partial charge in [0.1, 0.15) is 12.6 Å². The van der Waals surface area contributed by atoms with Crippen molar-refractivity contribution in [3.05, 3.63) is 66.2 Å². The maximum atomic E-state index is 12.2.